The first kappa shape index (κ1) is 16.8. The summed E-state index contributed by atoms with van der Waals surface area (Å²) in [4.78, 5) is 6.15. The van der Waals surface area contributed by atoms with E-state index in [0.717, 1.165) is 34.0 Å². The molecule has 2 aromatic heterocycles. The summed E-state index contributed by atoms with van der Waals surface area (Å²) in [5, 5.41) is 2.14. The zero-order chi connectivity index (χ0) is 16.6. The predicted octanol–water partition coefficient (Wildman–Crippen LogP) is 6.09. The van der Waals surface area contributed by atoms with Gasteiger partial charge in [-0.05, 0) is 86.1 Å². The molecule has 0 radical (unpaired) electrons. The van der Waals surface area contributed by atoms with Crippen molar-refractivity contribution < 1.29 is 4.39 Å². The van der Waals surface area contributed by atoms with Gasteiger partial charge in [-0.3, -0.25) is 4.40 Å². The normalized spacial score (nSPS) is 32.1. The van der Waals surface area contributed by atoms with Gasteiger partial charge in [0.2, 0.25) is 0 Å². The Morgan fingerprint density at radius 1 is 1.00 bits per heavy atom. The topological polar surface area (TPSA) is 17.3 Å². The number of aromatic nitrogens is 2. The van der Waals surface area contributed by atoms with Gasteiger partial charge in [-0.1, -0.05) is 0 Å². The number of hydrogen-bond acceptors (Lipinski definition) is 2. The molecule has 2 nitrogen and oxygen atoms in total. The Bertz CT molecular complexity index is 923. The molecule has 4 fully saturated rings. The van der Waals surface area contributed by atoms with Crippen molar-refractivity contribution in [1.82, 2.24) is 9.38 Å². The Labute approximate surface area is 162 Å². The highest BCUT2D eigenvalue weighted by Gasteiger charge is 2.52. The second-order valence-corrected chi connectivity index (χ2v) is 9.44. The lowest BCUT2D eigenvalue weighted by Gasteiger charge is -2.56. The van der Waals surface area contributed by atoms with Gasteiger partial charge in [-0.2, -0.15) is 0 Å². The molecular formula is C21H22ClFN2S. The van der Waals surface area contributed by atoms with Gasteiger partial charge < -0.3 is 0 Å². The Hall–Kier alpha value is -1.39. The van der Waals surface area contributed by atoms with Crippen LogP contribution in [0.4, 0.5) is 4.39 Å². The van der Waals surface area contributed by atoms with E-state index in [2.05, 4.69) is 16.0 Å². The standard InChI is InChI=1S/C21H21FN2S.ClH/c22-17-3-1-16(2-4-17)18-12-25-20-23-19(11-24(18)20)21-8-13-5-14(9-21)7-15(6-13)10-21;/h1-4,11-15H,5-10H2;1H. The van der Waals surface area contributed by atoms with Crippen molar-refractivity contribution in [3.8, 4) is 11.3 Å². The number of thiazole rings is 1. The van der Waals surface area contributed by atoms with E-state index in [1.807, 2.05) is 12.1 Å². The highest BCUT2D eigenvalue weighted by Crippen LogP contribution is 2.60. The van der Waals surface area contributed by atoms with E-state index in [-0.39, 0.29) is 18.2 Å². The molecular weight excluding hydrogens is 367 g/mol. The fraction of sp³-hybridized carbons (Fsp3) is 0.476. The Balaban J connectivity index is 0.00000150. The molecule has 2 heterocycles. The summed E-state index contributed by atoms with van der Waals surface area (Å²) in [6, 6.07) is 6.80. The number of imidazole rings is 1. The molecule has 0 aliphatic heterocycles. The van der Waals surface area contributed by atoms with Crippen LogP contribution in [-0.4, -0.2) is 9.38 Å². The summed E-state index contributed by atoms with van der Waals surface area (Å²) >= 11 is 1.70. The number of nitrogens with zero attached hydrogens (tertiary/aromatic N) is 2. The van der Waals surface area contributed by atoms with Crippen molar-refractivity contribution in [3.63, 3.8) is 0 Å². The smallest absolute Gasteiger partial charge is 0.194 e. The summed E-state index contributed by atoms with van der Waals surface area (Å²) in [6.45, 7) is 0. The molecule has 1 aromatic carbocycles. The zero-order valence-corrected chi connectivity index (χ0v) is 16.2. The van der Waals surface area contributed by atoms with Crippen LogP contribution in [0.2, 0.25) is 0 Å². The molecule has 0 spiro atoms. The Kier molecular flexibility index (Phi) is 3.74. The van der Waals surface area contributed by atoms with E-state index < -0.39 is 0 Å². The molecule has 4 aliphatic rings. The van der Waals surface area contributed by atoms with Gasteiger partial charge in [0, 0.05) is 17.0 Å². The minimum atomic E-state index is -0.185. The first-order chi connectivity index (χ1) is 12.2. The zero-order valence-electron chi connectivity index (χ0n) is 14.5. The number of halogens is 2. The second kappa shape index (κ2) is 5.80. The van der Waals surface area contributed by atoms with Gasteiger partial charge in [-0.15, -0.1) is 23.7 Å². The third-order valence-electron chi connectivity index (χ3n) is 6.93. The number of benzene rings is 1. The molecule has 3 aromatic rings. The van der Waals surface area contributed by atoms with Gasteiger partial charge >= 0.3 is 0 Å². The maximum Gasteiger partial charge on any atom is 0.194 e. The van der Waals surface area contributed by atoms with E-state index in [1.54, 1.807) is 11.3 Å². The van der Waals surface area contributed by atoms with Crippen LogP contribution in [0.1, 0.15) is 44.2 Å². The van der Waals surface area contributed by atoms with E-state index >= 15 is 0 Å². The second-order valence-electron chi connectivity index (χ2n) is 8.60. The SMILES string of the molecule is Cl.Fc1ccc(-c2csc3nc(C45CC6CC(CC(C6)C4)C5)cn23)cc1. The third kappa shape index (κ3) is 2.38. The molecule has 4 saturated carbocycles. The maximum absolute atomic E-state index is 13.3. The van der Waals surface area contributed by atoms with Crippen molar-refractivity contribution in [1.29, 1.82) is 0 Å². The molecule has 7 rings (SSSR count). The largest absolute Gasteiger partial charge is 0.290 e. The summed E-state index contributed by atoms with van der Waals surface area (Å²) < 4.78 is 15.5. The Morgan fingerprint density at radius 3 is 2.23 bits per heavy atom. The maximum atomic E-state index is 13.3. The van der Waals surface area contributed by atoms with E-state index in [0.29, 0.717) is 5.41 Å². The highest BCUT2D eigenvalue weighted by molar-refractivity contribution is 7.15. The number of rotatable bonds is 2. The van der Waals surface area contributed by atoms with Crippen LogP contribution in [0.25, 0.3) is 16.2 Å². The molecule has 4 bridgehead atoms. The number of hydrogen-bond donors (Lipinski definition) is 0. The van der Waals surface area contributed by atoms with Gasteiger partial charge in [0.25, 0.3) is 0 Å². The van der Waals surface area contributed by atoms with Crippen LogP contribution < -0.4 is 0 Å². The summed E-state index contributed by atoms with van der Waals surface area (Å²) in [5.41, 5.74) is 3.84. The van der Waals surface area contributed by atoms with Crippen LogP contribution >= 0.6 is 23.7 Å². The summed E-state index contributed by atoms with van der Waals surface area (Å²) in [5.74, 6) is 2.61. The van der Waals surface area contributed by atoms with Gasteiger partial charge in [0.05, 0.1) is 11.4 Å². The fourth-order valence-electron chi connectivity index (χ4n) is 6.29. The van der Waals surface area contributed by atoms with Crippen molar-refractivity contribution in [2.75, 3.05) is 0 Å². The van der Waals surface area contributed by atoms with Crippen LogP contribution in [-0.2, 0) is 5.41 Å². The first-order valence-electron chi connectivity index (χ1n) is 9.42. The third-order valence-corrected chi connectivity index (χ3v) is 7.77. The average Bonchev–Trinajstić information content (AvgIpc) is 3.15. The van der Waals surface area contributed by atoms with Crippen molar-refractivity contribution >= 4 is 28.7 Å². The molecule has 0 unspecified atom stereocenters. The van der Waals surface area contributed by atoms with Crippen molar-refractivity contribution in [2.24, 2.45) is 17.8 Å². The monoisotopic (exact) mass is 388 g/mol. The van der Waals surface area contributed by atoms with Gasteiger partial charge in [0.1, 0.15) is 5.82 Å². The predicted molar refractivity (Wildman–Crippen MR) is 106 cm³/mol. The lowest BCUT2D eigenvalue weighted by Crippen LogP contribution is -2.48. The molecule has 0 atom stereocenters. The lowest BCUT2D eigenvalue weighted by molar-refractivity contribution is -0.00696. The van der Waals surface area contributed by atoms with E-state index in [1.165, 1.54) is 56.4 Å². The minimum Gasteiger partial charge on any atom is -0.290 e. The van der Waals surface area contributed by atoms with E-state index in [4.69, 9.17) is 4.98 Å². The molecule has 26 heavy (non-hydrogen) atoms. The van der Waals surface area contributed by atoms with Crippen LogP contribution in [0.5, 0.6) is 0 Å². The van der Waals surface area contributed by atoms with Crippen LogP contribution in [0.15, 0.2) is 35.8 Å². The molecule has 136 valence electrons. The fourth-order valence-corrected chi connectivity index (χ4v) is 7.17. The molecule has 0 N–H and O–H groups in total. The summed E-state index contributed by atoms with van der Waals surface area (Å²) in [6.07, 6.45) is 10.7. The van der Waals surface area contributed by atoms with E-state index in [9.17, 15) is 4.39 Å². The minimum absolute atomic E-state index is 0. The van der Waals surface area contributed by atoms with Crippen LogP contribution in [0.3, 0.4) is 0 Å². The average molecular weight is 389 g/mol. The van der Waals surface area contributed by atoms with Crippen molar-refractivity contribution in [3.05, 3.63) is 47.4 Å². The summed E-state index contributed by atoms with van der Waals surface area (Å²) in [7, 11) is 0. The molecule has 0 saturated heterocycles. The van der Waals surface area contributed by atoms with Crippen molar-refractivity contribution in [2.45, 2.75) is 43.9 Å². The molecule has 4 aliphatic carbocycles. The van der Waals surface area contributed by atoms with Crippen LogP contribution in [0, 0.1) is 23.6 Å². The lowest BCUT2D eigenvalue weighted by atomic mass is 9.49. The number of fused-ring (bicyclic) bond motifs is 1. The quantitative estimate of drug-likeness (QED) is 0.519. The highest BCUT2D eigenvalue weighted by atomic mass is 35.5. The molecule has 5 heteroatoms. The Morgan fingerprint density at radius 2 is 1.62 bits per heavy atom. The first-order valence-corrected chi connectivity index (χ1v) is 10.3. The van der Waals surface area contributed by atoms with Gasteiger partial charge in [0.15, 0.2) is 4.96 Å². The van der Waals surface area contributed by atoms with Gasteiger partial charge in [-0.25, -0.2) is 9.37 Å². The molecule has 0 amide bonds.